The number of halogens is 1. The van der Waals surface area contributed by atoms with Gasteiger partial charge in [0.2, 0.25) is 0 Å². The molecule has 0 saturated heterocycles. The van der Waals surface area contributed by atoms with Crippen molar-refractivity contribution in [3.63, 3.8) is 0 Å². The van der Waals surface area contributed by atoms with E-state index in [1.54, 1.807) is 17.9 Å². The highest BCUT2D eigenvalue weighted by Crippen LogP contribution is 2.30. The van der Waals surface area contributed by atoms with Crippen LogP contribution in [0, 0.1) is 0 Å². The number of rotatable bonds is 8. The molecule has 5 rings (SSSR count). The number of esters is 1. The number of anilines is 1. The zero-order chi connectivity index (χ0) is 30.6. The number of carbonyl (C=O) groups excluding carboxylic acids is 2. The molecule has 43 heavy (non-hydrogen) atoms. The fourth-order valence-electron chi connectivity index (χ4n) is 5.04. The number of fused-ring (bicyclic) bond motifs is 2. The van der Waals surface area contributed by atoms with Gasteiger partial charge in [-0.15, -0.1) is 0 Å². The molecule has 0 unspecified atom stereocenters. The van der Waals surface area contributed by atoms with Crippen LogP contribution in [0.2, 0.25) is 5.02 Å². The van der Waals surface area contributed by atoms with E-state index in [4.69, 9.17) is 30.8 Å². The molecule has 0 atom stereocenters. The number of benzene rings is 2. The van der Waals surface area contributed by atoms with Gasteiger partial charge in [-0.2, -0.15) is 0 Å². The summed E-state index contributed by atoms with van der Waals surface area (Å²) in [7, 11) is 0. The summed E-state index contributed by atoms with van der Waals surface area (Å²) in [5.74, 6) is 0.966. The quantitative estimate of drug-likeness (QED) is 0.154. The molecule has 1 aliphatic rings. The summed E-state index contributed by atoms with van der Waals surface area (Å²) in [6.07, 6.45) is 5.36. The second kappa shape index (κ2) is 12.9. The van der Waals surface area contributed by atoms with Crippen molar-refractivity contribution in [3.05, 3.63) is 94.8 Å². The maximum atomic E-state index is 12.8. The van der Waals surface area contributed by atoms with Gasteiger partial charge in [0, 0.05) is 46.9 Å². The second-order valence-corrected chi connectivity index (χ2v) is 11.8. The lowest BCUT2D eigenvalue weighted by Crippen LogP contribution is -2.40. The van der Waals surface area contributed by atoms with Crippen molar-refractivity contribution >= 4 is 46.1 Å². The average molecular weight is 602 g/mol. The largest absolute Gasteiger partial charge is 0.493 e. The van der Waals surface area contributed by atoms with Crippen LogP contribution in [-0.2, 0) is 27.1 Å². The summed E-state index contributed by atoms with van der Waals surface area (Å²) >= 11 is 6.26. The van der Waals surface area contributed by atoms with Crippen molar-refractivity contribution in [1.29, 1.82) is 0 Å². The zero-order valence-electron chi connectivity index (χ0n) is 24.9. The minimum atomic E-state index is -0.573. The van der Waals surface area contributed by atoms with Crippen LogP contribution in [0.25, 0.3) is 16.6 Å². The highest BCUT2D eigenvalue weighted by Gasteiger charge is 2.28. The first-order chi connectivity index (χ1) is 20.6. The van der Waals surface area contributed by atoms with Gasteiger partial charge in [0.1, 0.15) is 17.2 Å². The van der Waals surface area contributed by atoms with Crippen LogP contribution in [-0.4, -0.2) is 47.0 Å². The summed E-state index contributed by atoms with van der Waals surface area (Å²) in [6.45, 7) is 8.65. The third-order valence-electron chi connectivity index (χ3n) is 6.92. The van der Waals surface area contributed by atoms with Gasteiger partial charge in [0.15, 0.2) is 0 Å². The summed E-state index contributed by atoms with van der Waals surface area (Å²) < 4.78 is 18.8. The van der Waals surface area contributed by atoms with E-state index in [0.29, 0.717) is 36.1 Å². The second-order valence-electron chi connectivity index (χ2n) is 11.3. The number of pyridine rings is 1. The van der Waals surface area contributed by atoms with Crippen LogP contribution in [0.15, 0.2) is 72.9 Å². The van der Waals surface area contributed by atoms with E-state index < -0.39 is 11.6 Å². The maximum Gasteiger partial charge on any atom is 0.416 e. The summed E-state index contributed by atoms with van der Waals surface area (Å²) in [5.41, 5.74) is 3.67. The molecule has 2 aromatic heterocycles. The Balaban J connectivity index is 1.31. The van der Waals surface area contributed by atoms with Gasteiger partial charge in [-0.25, -0.2) is 14.6 Å². The molecule has 0 saturated carbocycles. The van der Waals surface area contributed by atoms with E-state index >= 15 is 0 Å². The molecule has 3 heterocycles. The Hall–Kier alpha value is -4.30. The molecular weight excluding hydrogens is 566 g/mol. The lowest BCUT2D eigenvalue weighted by Gasteiger charge is -2.31. The molecule has 224 valence electrons. The van der Waals surface area contributed by atoms with Crippen LogP contribution < -0.4 is 9.64 Å². The summed E-state index contributed by atoms with van der Waals surface area (Å²) in [4.78, 5) is 31.7. The fraction of sp³-hybridized carbons (Fsp3) is 0.324. The number of aryl methyl sites for hydroxylation is 1. The number of hydrogen-bond acceptors (Lipinski definition) is 6. The number of carbonyl (C=O) groups is 2. The maximum absolute atomic E-state index is 12.8. The van der Waals surface area contributed by atoms with E-state index in [-0.39, 0.29) is 12.7 Å². The molecule has 0 spiro atoms. The minimum Gasteiger partial charge on any atom is -0.493 e. The van der Waals surface area contributed by atoms with E-state index in [2.05, 4.69) is 0 Å². The average Bonchev–Trinajstić information content (AvgIpc) is 3.38. The molecule has 2 aromatic carbocycles. The highest BCUT2D eigenvalue weighted by molar-refractivity contribution is 6.30. The molecular formula is C34H36ClN3O5. The van der Waals surface area contributed by atoms with Gasteiger partial charge in [-0.1, -0.05) is 29.8 Å². The van der Waals surface area contributed by atoms with E-state index in [1.807, 2.05) is 86.1 Å². The fourth-order valence-corrected chi connectivity index (χ4v) is 5.23. The van der Waals surface area contributed by atoms with E-state index in [9.17, 15) is 9.59 Å². The predicted octanol–water partition coefficient (Wildman–Crippen LogP) is 7.45. The molecule has 4 aromatic rings. The predicted molar refractivity (Wildman–Crippen MR) is 169 cm³/mol. The van der Waals surface area contributed by atoms with Crippen molar-refractivity contribution in [3.8, 4) is 5.75 Å². The van der Waals surface area contributed by atoms with Crippen LogP contribution >= 0.6 is 11.6 Å². The Morgan fingerprint density at radius 3 is 2.67 bits per heavy atom. The first-order valence-electron chi connectivity index (χ1n) is 14.5. The summed E-state index contributed by atoms with van der Waals surface area (Å²) in [6, 6.07) is 19.2. The van der Waals surface area contributed by atoms with Gasteiger partial charge < -0.3 is 18.8 Å². The molecule has 0 fully saturated rings. The Labute approximate surface area is 256 Å². The smallest absolute Gasteiger partial charge is 0.416 e. The Morgan fingerprint density at radius 1 is 1.07 bits per heavy atom. The van der Waals surface area contributed by atoms with Gasteiger partial charge >= 0.3 is 12.1 Å². The lowest BCUT2D eigenvalue weighted by atomic mass is 10.1. The molecule has 0 aliphatic carbocycles. The normalized spacial score (nSPS) is 13.5. The standard InChI is InChI=1S/C34H36ClN3O5/c1-5-41-31(39)22-30(24-8-6-10-26(35)20-24)37-18-15-25-21-28(13-14-29(25)37)42-19-16-27-12-11-23-9-7-17-38(32(23)36-27)33(40)43-34(2,3)4/h6,8,10-15,18,20-22H,5,7,9,16-17,19H2,1-4H3/b30-22-. The molecule has 1 aliphatic heterocycles. The third kappa shape index (κ3) is 7.38. The zero-order valence-corrected chi connectivity index (χ0v) is 25.7. The Bertz CT molecular complexity index is 1670. The SMILES string of the molecule is CCOC(=O)/C=C(/c1cccc(Cl)c1)n1ccc2cc(OCCc3ccc4c(n3)N(C(=O)OC(C)(C)C)CCC4)ccc21. The molecule has 0 bridgehead atoms. The Morgan fingerprint density at radius 2 is 1.91 bits per heavy atom. The molecule has 1 amide bonds. The number of aromatic nitrogens is 2. The van der Waals surface area contributed by atoms with Crippen molar-refractivity contribution in [2.45, 2.75) is 52.6 Å². The third-order valence-corrected chi connectivity index (χ3v) is 7.16. The van der Waals surface area contributed by atoms with E-state index in [1.165, 1.54) is 6.08 Å². The molecule has 0 N–H and O–H groups in total. The van der Waals surface area contributed by atoms with Crippen molar-refractivity contribution < 1.29 is 23.8 Å². The number of ether oxygens (including phenoxy) is 3. The van der Waals surface area contributed by atoms with Crippen LogP contribution in [0.1, 0.15) is 50.9 Å². The van der Waals surface area contributed by atoms with Crippen LogP contribution in [0.4, 0.5) is 10.6 Å². The first-order valence-corrected chi connectivity index (χ1v) is 14.9. The van der Waals surface area contributed by atoms with Gasteiger partial charge in [0.25, 0.3) is 0 Å². The number of nitrogens with zero attached hydrogens (tertiary/aromatic N) is 3. The lowest BCUT2D eigenvalue weighted by molar-refractivity contribution is -0.137. The summed E-state index contributed by atoms with van der Waals surface area (Å²) in [5, 5.41) is 1.53. The van der Waals surface area contributed by atoms with Gasteiger partial charge in [0.05, 0.1) is 24.4 Å². The monoisotopic (exact) mass is 601 g/mol. The minimum absolute atomic E-state index is 0.286. The highest BCUT2D eigenvalue weighted by atomic mass is 35.5. The first kappa shape index (κ1) is 30.2. The molecule has 9 heteroatoms. The van der Waals surface area contributed by atoms with Crippen LogP contribution in [0.3, 0.4) is 0 Å². The number of hydrogen-bond donors (Lipinski definition) is 0. The van der Waals surface area contributed by atoms with E-state index in [0.717, 1.165) is 46.3 Å². The van der Waals surface area contributed by atoms with Crippen molar-refractivity contribution in [2.24, 2.45) is 0 Å². The molecule has 0 radical (unpaired) electrons. The van der Waals surface area contributed by atoms with Crippen LogP contribution in [0.5, 0.6) is 5.75 Å². The van der Waals surface area contributed by atoms with Gasteiger partial charge in [-0.05, 0) is 88.6 Å². The Kier molecular flexibility index (Phi) is 9.06. The topological polar surface area (TPSA) is 82.9 Å². The van der Waals surface area contributed by atoms with Gasteiger partial charge in [-0.3, -0.25) is 4.90 Å². The number of amides is 1. The van der Waals surface area contributed by atoms with Crippen molar-refractivity contribution in [1.82, 2.24) is 9.55 Å². The molecule has 8 nitrogen and oxygen atoms in total. The van der Waals surface area contributed by atoms with Crippen molar-refractivity contribution in [2.75, 3.05) is 24.7 Å².